The lowest BCUT2D eigenvalue weighted by Crippen LogP contribution is -2.18. The second kappa shape index (κ2) is 6.17. The van der Waals surface area contributed by atoms with Crippen LogP contribution in [0.2, 0.25) is 0 Å². The van der Waals surface area contributed by atoms with Gasteiger partial charge in [-0.25, -0.2) is 8.78 Å². The minimum atomic E-state index is -0.588. The average molecular weight is 228 g/mol. The molecule has 0 fully saturated rings. The van der Waals surface area contributed by atoms with E-state index in [4.69, 9.17) is 5.73 Å². The van der Waals surface area contributed by atoms with Crippen molar-refractivity contribution in [2.45, 2.75) is 19.4 Å². The number of hydrogen-bond acceptors (Lipinski definition) is 2. The van der Waals surface area contributed by atoms with E-state index in [2.05, 4.69) is 5.32 Å². The molecule has 0 saturated carbocycles. The summed E-state index contributed by atoms with van der Waals surface area (Å²) in [6, 6.07) is 3.45. The van der Waals surface area contributed by atoms with Crippen LogP contribution in [0.3, 0.4) is 0 Å². The Morgan fingerprint density at radius 3 is 2.75 bits per heavy atom. The monoisotopic (exact) mass is 228 g/mol. The van der Waals surface area contributed by atoms with Crippen LogP contribution in [-0.4, -0.2) is 12.5 Å². The van der Waals surface area contributed by atoms with Crippen LogP contribution in [0.1, 0.15) is 18.4 Å². The first-order valence-corrected chi connectivity index (χ1v) is 5.02. The van der Waals surface area contributed by atoms with E-state index in [1.54, 1.807) is 0 Å². The van der Waals surface area contributed by atoms with Crippen molar-refractivity contribution in [2.24, 2.45) is 5.73 Å². The number of benzene rings is 1. The number of amides is 1. The highest BCUT2D eigenvalue weighted by atomic mass is 19.1. The largest absolute Gasteiger partial charge is 0.370 e. The lowest BCUT2D eigenvalue weighted by atomic mass is 10.2. The zero-order valence-corrected chi connectivity index (χ0v) is 8.80. The van der Waals surface area contributed by atoms with Crippen molar-refractivity contribution >= 4 is 5.91 Å². The minimum Gasteiger partial charge on any atom is -0.370 e. The second-order valence-corrected chi connectivity index (χ2v) is 3.48. The van der Waals surface area contributed by atoms with Crippen molar-refractivity contribution in [3.05, 3.63) is 35.4 Å². The van der Waals surface area contributed by atoms with Gasteiger partial charge in [-0.3, -0.25) is 4.79 Å². The first-order valence-electron chi connectivity index (χ1n) is 5.02. The summed E-state index contributed by atoms with van der Waals surface area (Å²) >= 11 is 0. The summed E-state index contributed by atoms with van der Waals surface area (Å²) in [4.78, 5) is 10.4. The summed E-state index contributed by atoms with van der Waals surface area (Å²) in [5, 5.41) is 2.95. The number of primary amides is 1. The van der Waals surface area contributed by atoms with E-state index in [-0.39, 0.29) is 5.91 Å². The number of nitrogens with two attached hydrogens (primary N) is 1. The molecule has 3 N–H and O–H groups in total. The molecule has 0 aliphatic carbocycles. The summed E-state index contributed by atoms with van der Waals surface area (Å²) in [6.45, 7) is 0.880. The minimum absolute atomic E-state index is 0.304. The van der Waals surface area contributed by atoms with Crippen LogP contribution in [-0.2, 0) is 11.3 Å². The van der Waals surface area contributed by atoms with E-state index in [0.717, 1.165) is 6.07 Å². The molecule has 0 radical (unpaired) electrons. The molecule has 0 aliphatic heterocycles. The van der Waals surface area contributed by atoms with Gasteiger partial charge in [0.15, 0.2) is 0 Å². The molecular weight excluding hydrogens is 214 g/mol. The van der Waals surface area contributed by atoms with Gasteiger partial charge in [-0.2, -0.15) is 0 Å². The highest BCUT2D eigenvalue weighted by Gasteiger charge is 2.02. The van der Waals surface area contributed by atoms with Crippen molar-refractivity contribution < 1.29 is 13.6 Å². The molecule has 0 bridgehead atoms. The molecule has 0 atom stereocenters. The Bertz CT molecular complexity index is 369. The molecule has 1 rings (SSSR count). The topological polar surface area (TPSA) is 55.1 Å². The molecular formula is C11H14F2N2O. The molecule has 0 heterocycles. The van der Waals surface area contributed by atoms with Gasteiger partial charge in [0.2, 0.25) is 5.91 Å². The zero-order valence-electron chi connectivity index (χ0n) is 8.80. The van der Waals surface area contributed by atoms with Gasteiger partial charge in [-0.15, -0.1) is 0 Å². The molecule has 0 aromatic heterocycles. The molecule has 5 heteroatoms. The van der Waals surface area contributed by atoms with Gasteiger partial charge in [0.25, 0.3) is 0 Å². The Hall–Kier alpha value is -1.49. The summed E-state index contributed by atoms with van der Waals surface area (Å²) in [5.41, 5.74) is 5.36. The summed E-state index contributed by atoms with van der Waals surface area (Å²) in [5.74, 6) is -1.51. The number of carbonyl (C=O) groups is 1. The Labute approximate surface area is 92.6 Å². The van der Waals surface area contributed by atoms with Gasteiger partial charge in [-0.05, 0) is 19.0 Å². The molecule has 16 heavy (non-hydrogen) atoms. The molecule has 1 aromatic rings. The van der Waals surface area contributed by atoms with Gasteiger partial charge in [0.05, 0.1) is 0 Å². The van der Waals surface area contributed by atoms with Crippen molar-refractivity contribution in [1.82, 2.24) is 5.32 Å². The summed E-state index contributed by atoms with van der Waals surface area (Å²) < 4.78 is 25.7. The third-order valence-corrected chi connectivity index (χ3v) is 2.11. The Morgan fingerprint density at radius 2 is 2.12 bits per heavy atom. The molecule has 0 unspecified atom stereocenters. The van der Waals surface area contributed by atoms with Crippen LogP contribution in [0.15, 0.2) is 18.2 Å². The SMILES string of the molecule is NC(=O)CCCNCc1ccc(F)cc1F. The van der Waals surface area contributed by atoms with Crippen LogP contribution >= 0.6 is 0 Å². The molecule has 0 aliphatic rings. The lowest BCUT2D eigenvalue weighted by molar-refractivity contribution is -0.118. The third kappa shape index (κ3) is 4.35. The van der Waals surface area contributed by atoms with E-state index in [0.29, 0.717) is 31.5 Å². The van der Waals surface area contributed by atoms with Gasteiger partial charge < -0.3 is 11.1 Å². The number of hydrogen-bond donors (Lipinski definition) is 2. The molecule has 0 saturated heterocycles. The van der Waals surface area contributed by atoms with Crippen LogP contribution < -0.4 is 11.1 Å². The fourth-order valence-corrected chi connectivity index (χ4v) is 1.28. The van der Waals surface area contributed by atoms with Crippen molar-refractivity contribution in [2.75, 3.05) is 6.54 Å². The zero-order chi connectivity index (χ0) is 12.0. The lowest BCUT2D eigenvalue weighted by Gasteiger charge is -2.05. The molecule has 3 nitrogen and oxygen atoms in total. The van der Waals surface area contributed by atoms with E-state index in [1.165, 1.54) is 12.1 Å². The van der Waals surface area contributed by atoms with Crippen molar-refractivity contribution in [1.29, 1.82) is 0 Å². The average Bonchev–Trinajstić information content (AvgIpc) is 2.20. The first kappa shape index (κ1) is 12.6. The van der Waals surface area contributed by atoms with E-state index in [1.807, 2.05) is 0 Å². The van der Waals surface area contributed by atoms with Crippen LogP contribution in [0, 0.1) is 11.6 Å². The van der Waals surface area contributed by atoms with Gasteiger partial charge in [0.1, 0.15) is 11.6 Å². The Balaban J connectivity index is 2.29. The number of halogens is 2. The summed E-state index contributed by atoms with van der Waals surface area (Å²) in [7, 11) is 0. The predicted octanol–water partition coefficient (Wildman–Crippen LogP) is 1.32. The van der Waals surface area contributed by atoms with E-state index >= 15 is 0 Å². The van der Waals surface area contributed by atoms with Crippen LogP contribution in [0.4, 0.5) is 8.78 Å². The van der Waals surface area contributed by atoms with Gasteiger partial charge >= 0.3 is 0 Å². The standard InChI is InChI=1S/C11H14F2N2O/c12-9-4-3-8(10(13)6-9)7-15-5-1-2-11(14)16/h3-4,6,15H,1-2,5,7H2,(H2,14,16). The molecule has 1 amide bonds. The fourth-order valence-electron chi connectivity index (χ4n) is 1.28. The quantitative estimate of drug-likeness (QED) is 0.721. The van der Waals surface area contributed by atoms with Gasteiger partial charge in [0, 0.05) is 24.6 Å². The Morgan fingerprint density at radius 1 is 1.38 bits per heavy atom. The maximum atomic E-state index is 13.1. The smallest absolute Gasteiger partial charge is 0.217 e. The van der Waals surface area contributed by atoms with E-state index < -0.39 is 11.6 Å². The number of nitrogens with one attached hydrogen (secondary N) is 1. The predicted molar refractivity (Wildman–Crippen MR) is 56.5 cm³/mol. The maximum absolute atomic E-state index is 13.1. The van der Waals surface area contributed by atoms with E-state index in [9.17, 15) is 13.6 Å². The van der Waals surface area contributed by atoms with Crippen molar-refractivity contribution in [3.63, 3.8) is 0 Å². The van der Waals surface area contributed by atoms with Crippen LogP contribution in [0.5, 0.6) is 0 Å². The van der Waals surface area contributed by atoms with Crippen molar-refractivity contribution in [3.8, 4) is 0 Å². The second-order valence-electron chi connectivity index (χ2n) is 3.48. The fraction of sp³-hybridized carbons (Fsp3) is 0.364. The number of carbonyl (C=O) groups excluding carboxylic acids is 1. The Kier molecular flexibility index (Phi) is 4.85. The highest BCUT2D eigenvalue weighted by Crippen LogP contribution is 2.08. The molecule has 0 spiro atoms. The third-order valence-electron chi connectivity index (χ3n) is 2.11. The maximum Gasteiger partial charge on any atom is 0.217 e. The number of rotatable bonds is 6. The molecule has 88 valence electrons. The highest BCUT2D eigenvalue weighted by molar-refractivity contribution is 5.73. The molecule has 1 aromatic carbocycles. The first-order chi connectivity index (χ1) is 7.59. The van der Waals surface area contributed by atoms with Crippen LogP contribution in [0.25, 0.3) is 0 Å². The normalized spacial score (nSPS) is 10.4. The summed E-state index contributed by atoms with van der Waals surface area (Å²) in [6.07, 6.45) is 0.914. The van der Waals surface area contributed by atoms with Gasteiger partial charge in [-0.1, -0.05) is 6.07 Å².